The van der Waals surface area contributed by atoms with Gasteiger partial charge in [-0.2, -0.15) is 0 Å². The van der Waals surface area contributed by atoms with E-state index in [2.05, 4.69) is 10.3 Å². The molecule has 0 spiro atoms. The van der Waals surface area contributed by atoms with E-state index in [1.165, 1.54) is 36.4 Å². The van der Waals surface area contributed by atoms with Crippen LogP contribution >= 0.6 is 0 Å². The van der Waals surface area contributed by atoms with E-state index in [1.807, 2.05) is 29.8 Å². The van der Waals surface area contributed by atoms with Gasteiger partial charge in [-0.1, -0.05) is 25.1 Å². The molecule has 2 N–H and O–H groups in total. The molecule has 0 atom stereocenters. The average molecular weight is 512 g/mol. The van der Waals surface area contributed by atoms with Gasteiger partial charge in [0, 0.05) is 11.8 Å². The van der Waals surface area contributed by atoms with Gasteiger partial charge < -0.3 is 14.8 Å². The van der Waals surface area contributed by atoms with Gasteiger partial charge in [-0.3, -0.25) is 9.59 Å². The Kier molecular flexibility index (Phi) is 9.12. The van der Waals surface area contributed by atoms with Crippen molar-refractivity contribution in [3.63, 3.8) is 0 Å². The predicted molar refractivity (Wildman–Crippen MR) is 130 cm³/mol. The number of carbonyl (C=O) groups is 3. The Bertz CT molecular complexity index is 1290. The number of nitrogens with zero attached hydrogens (tertiary/aromatic N) is 1. The molecule has 3 rings (SSSR count). The molecule has 36 heavy (non-hydrogen) atoms. The first kappa shape index (κ1) is 26.4. The van der Waals surface area contributed by atoms with Gasteiger partial charge in [0.1, 0.15) is 18.1 Å². The lowest BCUT2D eigenvalue weighted by Crippen LogP contribution is -2.31. The number of hydrogen-bond acceptors (Lipinski definition) is 8. The zero-order valence-electron chi connectivity index (χ0n) is 19.5. The fourth-order valence-corrected chi connectivity index (χ4v) is 3.87. The summed E-state index contributed by atoms with van der Waals surface area (Å²) >= 11 is 0. The number of sulfonamides is 1. The molecule has 0 radical (unpaired) electrons. The molecule has 1 heterocycles. The number of esters is 1. The van der Waals surface area contributed by atoms with Gasteiger partial charge in [-0.15, -0.1) is 0 Å². The van der Waals surface area contributed by atoms with E-state index < -0.39 is 27.8 Å². The molecular formula is C25H25N3O7S. The number of carbonyl (C=O) groups excluding carboxylic acids is 3. The Morgan fingerprint density at radius 1 is 0.861 bits per heavy atom. The van der Waals surface area contributed by atoms with Crippen molar-refractivity contribution in [1.82, 2.24) is 15.0 Å². The van der Waals surface area contributed by atoms with Crippen LogP contribution in [0.1, 0.15) is 44.5 Å². The maximum absolute atomic E-state index is 12.6. The quantitative estimate of drug-likeness (QED) is 0.296. The Balaban J connectivity index is 1.53. The Morgan fingerprint density at radius 2 is 1.56 bits per heavy atom. The highest BCUT2D eigenvalue weighted by Crippen LogP contribution is 2.12. The minimum absolute atomic E-state index is 0.00310. The van der Waals surface area contributed by atoms with E-state index in [0.717, 1.165) is 6.20 Å². The summed E-state index contributed by atoms with van der Waals surface area (Å²) in [5.41, 5.74) is 0.192. The molecular weight excluding hydrogens is 486 g/mol. The molecule has 0 bridgehead atoms. The summed E-state index contributed by atoms with van der Waals surface area (Å²) in [6.07, 6.45) is 1.74. The molecule has 0 aliphatic heterocycles. The summed E-state index contributed by atoms with van der Waals surface area (Å²) in [4.78, 5) is 40.1. The first-order valence-corrected chi connectivity index (χ1v) is 12.5. The molecule has 10 nitrogen and oxygen atoms in total. The summed E-state index contributed by atoms with van der Waals surface area (Å²) in [6.45, 7) is 2.61. The van der Waals surface area contributed by atoms with Crippen LogP contribution in [0.25, 0.3) is 0 Å². The highest BCUT2D eigenvalue weighted by atomic mass is 32.2. The second kappa shape index (κ2) is 12.5. The number of hydrogen-bond donors (Lipinski definition) is 2. The van der Waals surface area contributed by atoms with Crippen LogP contribution in [-0.2, 0) is 14.8 Å². The largest absolute Gasteiger partial charge is 0.492 e. The Morgan fingerprint density at radius 3 is 2.19 bits per heavy atom. The van der Waals surface area contributed by atoms with Crippen molar-refractivity contribution in [1.29, 1.82) is 0 Å². The zero-order chi connectivity index (χ0) is 26.0. The number of aromatic nitrogens is 1. The highest BCUT2D eigenvalue weighted by molar-refractivity contribution is 7.90. The molecule has 188 valence electrons. The van der Waals surface area contributed by atoms with Crippen molar-refractivity contribution < 1.29 is 32.3 Å². The maximum Gasteiger partial charge on any atom is 0.356 e. The van der Waals surface area contributed by atoms with Crippen molar-refractivity contribution >= 4 is 27.8 Å². The fraction of sp³-hybridized carbons (Fsp3) is 0.200. The number of benzene rings is 2. The van der Waals surface area contributed by atoms with Crippen LogP contribution < -0.4 is 14.8 Å². The van der Waals surface area contributed by atoms with Crippen molar-refractivity contribution in [2.75, 3.05) is 19.8 Å². The third kappa shape index (κ3) is 7.37. The van der Waals surface area contributed by atoms with Gasteiger partial charge in [0.05, 0.1) is 23.6 Å². The van der Waals surface area contributed by atoms with Gasteiger partial charge in [0.2, 0.25) is 0 Å². The third-order valence-electron chi connectivity index (χ3n) is 4.73. The number of para-hydroxylation sites is 1. The SMILES string of the molecule is CCCOC(=O)c1ccc(C(=O)NS(=O)(=O)c2ccc(C(=O)NCCOc3ccccc3)cc2)cn1. The van der Waals surface area contributed by atoms with Gasteiger partial charge in [-0.25, -0.2) is 22.9 Å². The van der Waals surface area contributed by atoms with Crippen molar-refractivity contribution in [2.24, 2.45) is 0 Å². The molecule has 3 aromatic rings. The van der Waals surface area contributed by atoms with Crippen LogP contribution in [0.2, 0.25) is 0 Å². The molecule has 2 aromatic carbocycles. The van der Waals surface area contributed by atoms with Crippen LogP contribution in [0.4, 0.5) is 0 Å². The predicted octanol–water partition coefficient (Wildman–Crippen LogP) is 2.58. The van der Waals surface area contributed by atoms with E-state index >= 15 is 0 Å². The van der Waals surface area contributed by atoms with E-state index in [0.29, 0.717) is 12.2 Å². The molecule has 2 amide bonds. The van der Waals surface area contributed by atoms with Gasteiger partial charge in [0.15, 0.2) is 0 Å². The topological polar surface area (TPSA) is 141 Å². The number of ether oxygens (including phenoxy) is 2. The monoisotopic (exact) mass is 511 g/mol. The van der Waals surface area contributed by atoms with Crippen LogP contribution in [0.3, 0.4) is 0 Å². The van der Waals surface area contributed by atoms with Crippen LogP contribution in [0.5, 0.6) is 5.75 Å². The molecule has 0 fully saturated rings. The lowest BCUT2D eigenvalue weighted by atomic mass is 10.2. The summed E-state index contributed by atoms with van der Waals surface area (Å²) in [5, 5.41) is 2.68. The second-order valence-corrected chi connectivity index (χ2v) is 9.13. The normalized spacial score (nSPS) is 10.8. The minimum atomic E-state index is -4.21. The van der Waals surface area contributed by atoms with Gasteiger partial charge in [-0.05, 0) is 55.0 Å². The summed E-state index contributed by atoms with van der Waals surface area (Å²) in [5.74, 6) is -1.27. The molecule has 0 unspecified atom stereocenters. The van der Waals surface area contributed by atoms with Crippen molar-refractivity contribution in [3.05, 3.63) is 89.7 Å². The fourth-order valence-electron chi connectivity index (χ4n) is 2.90. The smallest absolute Gasteiger partial charge is 0.356 e. The Hall–Kier alpha value is -4.25. The average Bonchev–Trinajstić information content (AvgIpc) is 2.90. The molecule has 0 saturated heterocycles. The first-order chi connectivity index (χ1) is 17.3. The molecule has 0 saturated carbocycles. The summed E-state index contributed by atoms with van der Waals surface area (Å²) < 4.78 is 37.6. The standard InChI is InChI=1S/C25H25N3O7S/c1-2-15-35-25(31)22-13-10-19(17-27-22)24(30)28-36(32,33)21-11-8-18(9-12-21)23(29)26-14-16-34-20-6-4-3-5-7-20/h3-13,17H,2,14-16H2,1H3,(H,26,29)(H,28,30). The second-order valence-electron chi connectivity index (χ2n) is 7.44. The summed E-state index contributed by atoms with van der Waals surface area (Å²) in [6, 6.07) is 16.8. The Labute approximate surface area is 208 Å². The number of amides is 2. The van der Waals surface area contributed by atoms with E-state index in [-0.39, 0.29) is 41.5 Å². The highest BCUT2D eigenvalue weighted by Gasteiger charge is 2.20. The van der Waals surface area contributed by atoms with Gasteiger partial charge >= 0.3 is 5.97 Å². The molecule has 0 aliphatic carbocycles. The van der Waals surface area contributed by atoms with Crippen LogP contribution in [0, 0.1) is 0 Å². The summed E-state index contributed by atoms with van der Waals surface area (Å²) in [7, 11) is -4.21. The van der Waals surface area contributed by atoms with Crippen LogP contribution in [0.15, 0.2) is 77.8 Å². The van der Waals surface area contributed by atoms with Crippen molar-refractivity contribution in [2.45, 2.75) is 18.2 Å². The number of rotatable bonds is 11. The first-order valence-electron chi connectivity index (χ1n) is 11.1. The van der Waals surface area contributed by atoms with Crippen LogP contribution in [-0.4, -0.2) is 50.9 Å². The molecule has 1 aromatic heterocycles. The lowest BCUT2D eigenvalue weighted by molar-refractivity contribution is 0.0497. The molecule has 0 aliphatic rings. The molecule has 11 heteroatoms. The van der Waals surface area contributed by atoms with E-state index in [4.69, 9.17) is 9.47 Å². The zero-order valence-corrected chi connectivity index (χ0v) is 20.3. The van der Waals surface area contributed by atoms with Crippen molar-refractivity contribution in [3.8, 4) is 5.75 Å². The van der Waals surface area contributed by atoms with Gasteiger partial charge in [0.25, 0.3) is 21.8 Å². The maximum atomic E-state index is 12.6. The minimum Gasteiger partial charge on any atom is -0.492 e. The third-order valence-corrected chi connectivity index (χ3v) is 6.07. The van der Waals surface area contributed by atoms with E-state index in [1.54, 1.807) is 12.1 Å². The lowest BCUT2D eigenvalue weighted by Gasteiger charge is -2.09. The van der Waals surface area contributed by atoms with E-state index in [9.17, 15) is 22.8 Å². The number of nitrogens with one attached hydrogen (secondary N) is 2. The number of pyridine rings is 1.